The smallest absolute Gasteiger partial charge is 0.169 e. The molecule has 0 aromatic heterocycles. The normalized spacial score (nSPS) is 16.5. The molecule has 0 bridgehead atoms. The van der Waals surface area contributed by atoms with Crippen molar-refractivity contribution in [3.05, 3.63) is 35.7 Å². The van der Waals surface area contributed by atoms with Gasteiger partial charge >= 0.3 is 0 Å². The quantitative estimate of drug-likeness (QED) is 0.429. The summed E-state index contributed by atoms with van der Waals surface area (Å²) in [5, 5.41) is 0. The summed E-state index contributed by atoms with van der Waals surface area (Å²) >= 11 is 0. The predicted octanol–water partition coefficient (Wildman–Crippen LogP) is 0.0446. The van der Waals surface area contributed by atoms with Crippen LogP contribution in [0.1, 0.15) is 0 Å². The number of hydrogen-bond donors (Lipinski definition) is 2. The van der Waals surface area contributed by atoms with Crippen LogP contribution in [0.2, 0.25) is 0 Å². The van der Waals surface area contributed by atoms with Gasteiger partial charge in [0.25, 0.3) is 0 Å². The van der Waals surface area contributed by atoms with E-state index in [-0.39, 0.29) is 0 Å². The molecule has 1 rings (SSSR count). The molecule has 0 unspecified atom stereocenters. The summed E-state index contributed by atoms with van der Waals surface area (Å²) in [7, 11) is 0. The van der Waals surface area contributed by atoms with Gasteiger partial charge in [0.1, 0.15) is 12.2 Å². The van der Waals surface area contributed by atoms with E-state index in [0.717, 1.165) is 0 Å². The van der Waals surface area contributed by atoms with Crippen molar-refractivity contribution in [1.29, 1.82) is 0 Å². The summed E-state index contributed by atoms with van der Waals surface area (Å²) in [6, 6.07) is 0. The minimum atomic E-state index is 0.590. The summed E-state index contributed by atoms with van der Waals surface area (Å²) in [5.41, 5.74) is 11.9. The van der Waals surface area contributed by atoms with Crippen molar-refractivity contribution < 1.29 is 0 Å². The third kappa shape index (κ3) is 0.695. The van der Waals surface area contributed by atoms with Crippen LogP contribution in [0.3, 0.4) is 0 Å². The van der Waals surface area contributed by atoms with Gasteiger partial charge in [0.2, 0.25) is 0 Å². The van der Waals surface area contributed by atoms with Crippen LogP contribution in [0.25, 0.3) is 0 Å². The van der Waals surface area contributed by atoms with Gasteiger partial charge in [0.05, 0.1) is 6.08 Å². The fourth-order valence-corrected chi connectivity index (χ4v) is 0.455. The van der Waals surface area contributed by atoms with E-state index >= 15 is 0 Å². The lowest BCUT2D eigenvalue weighted by Crippen LogP contribution is -2.06. The second kappa shape index (κ2) is 1.68. The highest BCUT2D eigenvalue weighted by Crippen LogP contribution is 1.99. The highest BCUT2D eigenvalue weighted by atomic mass is 14.7. The Morgan fingerprint density at radius 1 is 1.25 bits per heavy atom. The maximum atomic E-state index is 5.37. The van der Waals surface area contributed by atoms with E-state index in [2.05, 4.69) is 6.08 Å². The van der Waals surface area contributed by atoms with Crippen molar-refractivity contribution in [2.24, 2.45) is 11.5 Å². The van der Waals surface area contributed by atoms with Gasteiger partial charge in [-0.25, -0.2) is 0 Å². The molecule has 40 valence electrons. The van der Waals surface area contributed by atoms with Crippen molar-refractivity contribution >= 4 is 0 Å². The largest absolute Gasteiger partial charge is 0.375 e. The van der Waals surface area contributed by atoms with Crippen LogP contribution < -0.4 is 11.5 Å². The van der Waals surface area contributed by atoms with Crippen LogP contribution in [0.4, 0.5) is 0 Å². The topological polar surface area (TPSA) is 52.0 Å². The molecule has 0 fully saturated rings. The molecule has 2 heteroatoms. The Morgan fingerprint density at radius 3 is 2.38 bits per heavy atom. The Labute approximate surface area is 48.2 Å². The molecule has 0 atom stereocenters. The van der Waals surface area contributed by atoms with Crippen LogP contribution in [0.5, 0.6) is 0 Å². The zero-order valence-corrected chi connectivity index (χ0v) is 4.39. The van der Waals surface area contributed by atoms with Gasteiger partial charge in [-0.05, 0) is 0 Å². The molecule has 4 N–H and O–H groups in total. The first kappa shape index (κ1) is 4.88. The van der Waals surface area contributed by atoms with Gasteiger partial charge in [-0.15, -0.1) is 0 Å². The Kier molecular flexibility index (Phi) is 1.03. The third-order valence-corrected chi connectivity index (χ3v) is 0.931. The van der Waals surface area contributed by atoms with E-state index in [0.29, 0.717) is 11.4 Å². The lowest BCUT2D eigenvalue weighted by atomic mass is 10.2. The molecule has 2 nitrogen and oxygen atoms in total. The minimum absolute atomic E-state index is 0.590. The van der Waals surface area contributed by atoms with Gasteiger partial charge < -0.3 is 11.5 Å². The molecule has 0 saturated heterocycles. The standard InChI is InChI=1S/C6H7N2/c7-5-3-1-2-4-6(5)8/h1,3-4H,7-8H2/q+1. The molecule has 0 heterocycles. The molecule has 0 amide bonds. The van der Waals surface area contributed by atoms with Gasteiger partial charge in [-0.2, -0.15) is 0 Å². The van der Waals surface area contributed by atoms with E-state index in [9.17, 15) is 0 Å². The molecule has 1 aliphatic rings. The van der Waals surface area contributed by atoms with Gasteiger partial charge in [-0.1, -0.05) is 0 Å². The maximum Gasteiger partial charge on any atom is 0.169 e. The van der Waals surface area contributed by atoms with Crippen molar-refractivity contribution in [3.63, 3.8) is 0 Å². The van der Waals surface area contributed by atoms with Gasteiger partial charge in [0, 0.05) is 6.08 Å². The summed E-state index contributed by atoms with van der Waals surface area (Å²) in [4.78, 5) is 0. The fourth-order valence-electron chi connectivity index (χ4n) is 0.455. The van der Waals surface area contributed by atoms with Crippen LogP contribution in [0.15, 0.2) is 29.6 Å². The monoisotopic (exact) mass is 107 g/mol. The Bertz CT molecular complexity index is 155. The number of hydrogen-bond acceptors (Lipinski definition) is 2. The van der Waals surface area contributed by atoms with Crippen molar-refractivity contribution in [1.82, 2.24) is 0 Å². The molecule has 0 aromatic rings. The minimum Gasteiger partial charge on any atom is -0.375 e. The predicted molar refractivity (Wildman–Crippen MR) is 32.4 cm³/mol. The second-order valence-corrected chi connectivity index (χ2v) is 1.56. The molecule has 0 spiro atoms. The van der Waals surface area contributed by atoms with E-state index in [1.807, 2.05) is 0 Å². The summed E-state index contributed by atoms with van der Waals surface area (Å²) in [5.74, 6) is 0. The van der Waals surface area contributed by atoms with Crippen molar-refractivity contribution in [2.45, 2.75) is 0 Å². The summed E-state index contributed by atoms with van der Waals surface area (Å²) in [6.07, 6.45) is 7.89. The molecule has 8 heavy (non-hydrogen) atoms. The average Bonchev–Trinajstić information content (AvgIpc) is 1.77. The second-order valence-electron chi connectivity index (χ2n) is 1.56. The zero-order chi connectivity index (χ0) is 5.98. The molecule has 0 aliphatic heterocycles. The number of allylic oxidation sites excluding steroid dienone is 4. The van der Waals surface area contributed by atoms with Crippen molar-refractivity contribution in [2.75, 3.05) is 0 Å². The summed E-state index contributed by atoms with van der Waals surface area (Å²) < 4.78 is 0. The first-order valence-electron chi connectivity index (χ1n) is 2.32. The van der Waals surface area contributed by atoms with Gasteiger partial charge in [-0.3, -0.25) is 0 Å². The molecular formula is C6H7N2+. The van der Waals surface area contributed by atoms with Gasteiger partial charge in [0.15, 0.2) is 11.4 Å². The van der Waals surface area contributed by atoms with Crippen LogP contribution in [-0.2, 0) is 0 Å². The SMILES string of the molecule is NC1=C(N)C=C[C+]=C1. The fraction of sp³-hybridized carbons (Fsp3) is 0. The lowest BCUT2D eigenvalue weighted by Gasteiger charge is -1.88. The molecule has 0 radical (unpaired) electrons. The highest BCUT2D eigenvalue weighted by Gasteiger charge is 2.02. The maximum absolute atomic E-state index is 5.37. The van der Waals surface area contributed by atoms with E-state index in [4.69, 9.17) is 11.5 Å². The number of rotatable bonds is 0. The van der Waals surface area contributed by atoms with Crippen molar-refractivity contribution in [3.8, 4) is 0 Å². The van der Waals surface area contributed by atoms with E-state index in [1.54, 1.807) is 18.2 Å². The average molecular weight is 107 g/mol. The molecule has 0 aromatic carbocycles. The highest BCUT2D eigenvalue weighted by molar-refractivity contribution is 5.33. The van der Waals surface area contributed by atoms with Crippen LogP contribution in [-0.4, -0.2) is 0 Å². The van der Waals surface area contributed by atoms with E-state index in [1.165, 1.54) is 0 Å². The first-order valence-corrected chi connectivity index (χ1v) is 2.32. The number of nitrogens with two attached hydrogens (primary N) is 2. The Hall–Kier alpha value is -1.27. The molecular weight excluding hydrogens is 100 g/mol. The Balaban J connectivity index is 2.97. The zero-order valence-electron chi connectivity index (χ0n) is 4.39. The van der Waals surface area contributed by atoms with Crippen LogP contribution in [0, 0.1) is 6.08 Å². The summed E-state index contributed by atoms with van der Waals surface area (Å²) in [6.45, 7) is 0. The first-order chi connectivity index (χ1) is 3.80. The third-order valence-electron chi connectivity index (χ3n) is 0.931. The molecule has 0 saturated carbocycles. The Morgan fingerprint density at radius 2 is 2.00 bits per heavy atom. The van der Waals surface area contributed by atoms with Crippen LogP contribution >= 0.6 is 0 Å². The van der Waals surface area contributed by atoms with E-state index < -0.39 is 0 Å². The molecule has 1 aliphatic carbocycles. The lowest BCUT2D eigenvalue weighted by molar-refractivity contribution is 1.26.